The number of carbonyl (C=O) groups excluding carboxylic acids is 1. The average molecular weight is 273 g/mol. The highest BCUT2D eigenvalue weighted by atomic mass is 16.1. The van der Waals surface area contributed by atoms with Gasteiger partial charge in [-0.3, -0.25) is 9.78 Å². The molecule has 0 fully saturated rings. The number of aromatic nitrogens is 1. The number of hydrogen-bond acceptors (Lipinski definition) is 2. The lowest BCUT2D eigenvalue weighted by molar-refractivity contribution is 0.0993. The second-order valence-electron chi connectivity index (χ2n) is 4.88. The molecule has 102 valence electrons. The van der Waals surface area contributed by atoms with Crippen LogP contribution in [0.4, 0.5) is 0 Å². The Bertz CT molecular complexity index is 719. The maximum absolute atomic E-state index is 12.1. The van der Waals surface area contributed by atoms with E-state index in [1.807, 2.05) is 72.8 Å². The van der Waals surface area contributed by atoms with Crippen LogP contribution < -0.4 is 0 Å². The van der Waals surface area contributed by atoms with Crippen LogP contribution in [0.3, 0.4) is 0 Å². The average Bonchev–Trinajstić information content (AvgIpc) is 2.57. The molecule has 0 spiro atoms. The van der Waals surface area contributed by atoms with Gasteiger partial charge in [0.1, 0.15) is 0 Å². The lowest BCUT2D eigenvalue weighted by Crippen LogP contribution is -2.03. The van der Waals surface area contributed by atoms with Crippen molar-refractivity contribution in [2.75, 3.05) is 0 Å². The van der Waals surface area contributed by atoms with E-state index in [9.17, 15) is 4.79 Å². The Balaban J connectivity index is 1.75. The summed E-state index contributed by atoms with van der Waals surface area (Å²) in [5, 5.41) is 0. The normalized spacial score (nSPS) is 10.3. The number of Topliss-reactive ketones (excluding diaryl/α,β-unsaturated/α-hetero) is 1. The van der Waals surface area contributed by atoms with Crippen molar-refractivity contribution in [2.24, 2.45) is 0 Å². The molecule has 0 aliphatic heterocycles. The minimum absolute atomic E-state index is 0.116. The first-order valence-electron chi connectivity index (χ1n) is 6.91. The second kappa shape index (κ2) is 6.14. The van der Waals surface area contributed by atoms with E-state index in [-0.39, 0.29) is 5.78 Å². The van der Waals surface area contributed by atoms with Crippen LogP contribution in [0.1, 0.15) is 15.9 Å². The largest absolute Gasteiger partial charge is 0.294 e. The van der Waals surface area contributed by atoms with E-state index in [1.165, 1.54) is 0 Å². The predicted molar refractivity (Wildman–Crippen MR) is 84.1 cm³/mol. The van der Waals surface area contributed by atoms with Crippen LogP contribution in [-0.4, -0.2) is 10.8 Å². The van der Waals surface area contributed by atoms with Crippen LogP contribution in [0.2, 0.25) is 0 Å². The molecule has 0 bridgehead atoms. The van der Waals surface area contributed by atoms with Crippen molar-refractivity contribution in [1.82, 2.24) is 4.98 Å². The lowest BCUT2D eigenvalue weighted by atomic mass is 10.0. The van der Waals surface area contributed by atoms with Gasteiger partial charge in [0, 0.05) is 23.7 Å². The first-order chi connectivity index (χ1) is 10.3. The summed E-state index contributed by atoms with van der Waals surface area (Å²) in [5.74, 6) is 0.116. The smallest absolute Gasteiger partial charge is 0.167 e. The number of benzene rings is 2. The van der Waals surface area contributed by atoms with E-state index in [0.717, 1.165) is 22.4 Å². The fourth-order valence-electron chi connectivity index (χ4n) is 2.22. The van der Waals surface area contributed by atoms with Gasteiger partial charge in [0.25, 0.3) is 0 Å². The SMILES string of the molecule is O=C(Cc1ccc(-c2ccccc2)nc1)c1ccccc1. The quantitative estimate of drug-likeness (QED) is 0.668. The Morgan fingerprint density at radius 1 is 0.810 bits per heavy atom. The van der Waals surface area contributed by atoms with E-state index in [2.05, 4.69) is 4.98 Å². The van der Waals surface area contributed by atoms with Crippen LogP contribution in [0.5, 0.6) is 0 Å². The predicted octanol–water partition coefficient (Wildman–Crippen LogP) is 4.17. The summed E-state index contributed by atoms with van der Waals surface area (Å²) in [7, 11) is 0. The molecule has 0 N–H and O–H groups in total. The van der Waals surface area contributed by atoms with Gasteiger partial charge in [0.2, 0.25) is 0 Å². The molecule has 21 heavy (non-hydrogen) atoms. The molecular formula is C19H15NO. The maximum Gasteiger partial charge on any atom is 0.167 e. The number of hydrogen-bond donors (Lipinski definition) is 0. The van der Waals surface area contributed by atoms with E-state index >= 15 is 0 Å². The van der Waals surface area contributed by atoms with Crippen molar-refractivity contribution < 1.29 is 4.79 Å². The molecule has 0 aliphatic rings. The number of pyridine rings is 1. The fraction of sp³-hybridized carbons (Fsp3) is 0.0526. The summed E-state index contributed by atoms with van der Waals surface area (Å²) in [4.78, 5) is 16.6. The van der Waals surface area contributed by atoms with Crippen molar-refractivity contribution in [2.45, 2.75) is 6.42 Å². The van der Waals surface area contributed by atoms with E-state index in [0.29, 0.717) is 6.42 Å². The Hall–Kier alpha value is -2.74. The lowest BCUT2D eigenvalue weighted by Gasteiger charge is -2.04. The fourth-order valence-corrected chi connectivity index (χ4v) is 2.22. The zero-order valence-corrected chi connectivity index (χ0v) is 11.6. The van der Waals surface area contributed by atoms with Crippen molar-refractivity contribution in [1.29, 1.82) is 0 Å². The number of ketones is 1. The Morgan fingerprint density at radius 3 is 2.10 bits per heavy atom. The highest BCUT2D eigenvalue weighted by molar-refractivity contribution is 5.97. The molecule has 2 nitrogen and oxygen atoms in total. The van der Waals surface area contributed by atoms with Crippen molar-refractivity contribution in [3.8, 4) is 11.3 Å². The van der Waals surface area contributed by atoms with Gasteiger partial charge < -0.3 is 0 Å². The van der Waals surface area contributed by atoms with Crippen LogP contribution in [0.25, 0.3) is 11.3 Å². The van der Waals surface area contributed by atoms with Crippen molar-refractivity contribution >= 4 is 5.78 Å². The van der Waals surface area contributed by atoms with Crippen LogP contribution in [0, 0.1) is 0 Å². The molecule has 3 rings (SSSR count). The summed E-state index contributed by atoms with van der Waals surface area (Å²) in [6, 6.07) is 23.3. The van der Waals surface area contributed by atoms with Crippen molar-refractivity contribution in [3.63, 3.8) is 0 Å². The Morgan fingerprint density at radius 2 is 1.48 bits per heavy atom. The molecule has 0 aliphatic carbocycles. The summed E-state index contributed by atoms with van der Waals surface area (Å²) in [6.07, 6.45) is 2.16. The standard InChI is InChI=1S/C19H15NO/c21-19(17-9-5-2-6-10-17)13-15-11-12-18(20-14-15)16-7-3-1-4-8-16/h1-12,14H,13H2. The number of rotatable bonds is 4. The molecule has 0 radical (unpaired) electrons. The Labute approximate surface area is 124 Å². The number of carbonyl (C=O) groups is 1. The third-order valence-corrected chi connectivity index (χ3v) is 3.35. The highest BCUT2D eigenvalue weighted by Gasteiger charge is 2.07. The van der Waals surface area contributed by atoms with E-state index in [4.69, 9.17) is 0 Å². The van der Waals surface area contributed by atoms with Crippen molar-refractivity contribution in [3.05, 3.63) is 90.1 Å². The van der Waals surface area contributed by atoms with Gasteiger partial charge in [0.15, 0.2) is 5.78 Å². The van der Waals surface area contributed by atoms with Gasteiger partial charge in [-0.1, -0.05) is 66.7 Å². The monoisotopic (exact) mass is 273 g/mol. The summed E-state index contributed by atoms with van der Waals surface area (Å²) in [5.41, 5.74) is 3.68. The molecule has 0 amide bonds. The zero-order valence-electron chi connectivity index (χ0n) is 11.6. The van der Waals surface area contributed by atoms with E-state index in [1.54, 1.807) is 6.20 Å². The van der Waals surface area contributed by atoms with Crippen LogP contribution in [-0.2, 0) is 6.42 Å². The molecule has 0 saturated carbocycles. The van der Waals surface area contributed by atoms with Gasteiger partial charge in [-0.05, 0) is 11.6 Å². The van der Waals surface area contributed by atoms with Gasteiger partial charge in [-0.2, -0.15) is 0 Å². The maximum atomic E-state index is 12.1. The van der Waals surface area contributed by atoms with Gasteiger partial charge in [-0.15, -0.1) is 0 Å². The minimum atomic E-state index is 0.116. The summed E-state index contributed by atoms with van der Waals surface area (Å²) < 4.78 is 0. The molecule has 1 aromatic heterocycles. The topological polar surface area (TPSA) is 30.0 Å². The number of nitrogens with zero attached hydrogens (tertiary/aromatic N) is 1. The van der Waals surface area contributed by atoms with E-state index < -0.39 is 0 Å². The third-order valence-electron chi connectivity index (χ3n) is 3.35. The third kappa shape index (κ3) is 3.23. The molecule has 3 aromatic rings. The summed E-state index contributed by atoms with van der Waals surface area (Å²) in [6.45, 7) is 0. The second-order valence-corrected chi connectivity index (χ2v) is 4.88. The molecule has 0 unspecified atom stereocenters. The highest BCUT2D eigenvalue weighted by Crippen LogP contribution is 2.17. The molecule has 0 saturated heterocycles. The molecule has 1 heterocycles. The van der Waals surface area contributed by atoms with Crippen LogP contribution >= 0.6 is 0 Å². The molecular weight excluding hydrogens is 258 g/mol. The van der Waals surface area contributed by atoms with Crippen LogP contribution in [0.15, 0.2) is 79.0 Å². The van der Waals surface area contributed by atoms with Gasteiger partial charge in [0.05, 0.1) is 5.69 Å². The molecule has 2 heteroatoms. The molecule has 2 aromatic carbocycles. The Kier molecular flexibility index (Phi) is 3.88. The zero-order chi connectivity index (χ0) is 14.5. The molecule has 0 atom stereocenters. The van der Waals surface area contributed by atoms with Gasteiger partial charge in [-0.25, -0.2) is 0 Å². The summed E-state index contributed by atoms with van der Waals surface area (Å²) >= 11 is 0. The van der Waals surface area contributed by atoms with Gasteiger partial charge >= 0.3 is 0 Å². The first kappa shape index (κ1) is 13.3. The minimum Gasteiger partial charge on any atom is -0.294 e. The first-order valence-corrected chi connectivity index (χ1v) is 6.91.